The Morgan fingerprint density at radius 3 is 3.00 bits per heavy atom. The molecule has 0 amide bonds. The molecule has 86 valence electrons. The first kappa shape index (κ1) is 12.4. The van der Waals surface area contributed by atoms with Crippen LogP contribution in [0.1, 0.15) is 32.5 Å². The van der Waals surface area contributed by atoms with Crippen molar-refractivity contribution in [3.8, 4) is 0 Å². The first-order chi connectivity index (χ1) is 7.27. The maximum atomic E-state index is 5.45. The van der Waals surface area contributed by atoms with Gasteiger partial charge in [-0.05, 0) is 29.8 Å². The van der Waals surface area contributed by atoms with Crippen molar-refractivity contribution < 1.29 is 0 Å². The second-order valence-electron chi connectivity index (χ2n) is 3.49. The summed E-state index contributed by atoms with van der Waals surface area (Å²) in [6.07, 6.45) is 2.10. The second-order valence-corrected chi connectivity index (χ2v) is 4.92. The van der Waals surface area contributed by atoms with Crippen molar-refractivity contribution in [2.75, 3.05) is 6.54 Å². The zero-order valence-electron chi connectivity index (χ0n) is 9.39. The highest BCUT2D eigenvalue weighted by atomic mass is 32.2. The SMILES string of the molecule is CCC(C)SCc1nnnn1CCCN. The lowest BCUT2D eigenvalue weighted by Crippen LogP contribution is -2.10. The lowest BCUT2D eigenvalue weighted by molar-refractivity contribution is 0.550. The lowest BCUT2D eigenvalue weighted by atomic mass is 10.4. The molecule has 0 radical (unpaired) electrons. The molecule has 2 N–H and O–H groups in total. The number of rotatable bonds is 7. The van der Waals surface area contributed by atoms with Gasteiger partial charge in [-0.2, -0.15) is 11.8 Å². The minimum absolute atomic E-state index is 0.657. The molecular formula is C9H19N5S. The third-order valence-electron chi connectivity index (χ3n) is 2.25. The molecule has 1 heterocycles. The van der Waals surface area contributed by atoms with Crippen LogP contribution in [-0.2, 0) is 12.3 Å². The molecule has 15 heavy (non-hydrogen) atoms. The maximum Gasteiger partial charge on any atom is 0.161 e. The zero-order valence-corrected chi connectivity index (χ0v) is 10.2. The number of nitrogens with zero attached hydrogens (tertiary/aromatic N) is 4. The van der Waals surface area contributed by atoms with Crippen LogP contribution in [0.2, 0.25) is 0 Å². The van der Waals surface area contributed by atoms with Crippen LogP contribution in [0, 0.1) is 0 Å². The molecule has 0 aliphatic rings. The average Bonchev–Trinajstić information content (AvgIpc) is 2.70. The van der Waals surface area contributed by atoms with Gasteiger partial charge in [-0.15, -0.1) is 5.10 Å². The first-order valence-electron chi connectivity index (χ1n) is 5.34. The fourth-order valence-corrected chi connectivity index (χ4v) is 1.95. The number of aryl methyl sites for hydroxylation is 1. The van der Waals surface area contributed by atoms with Gasteiger partial charge in [-0.3, -0.25) is 0 Å². The van der Waals surface area contributed by atoms with Crippen LogP contribution >= 0.6 is 11.8 Å². The van der Waals surface area contributed by atoms with Crippen LogP contribution in [0.3, 0.4) is 0 Å². The summed E-state index contributed by atoms with van der Waals surface area (Å²) in [4.78, 5) is 0. The second kappa shape index (κ2) is 6.79. The molecule has 1 atom stereocenters. The zero-order chi connectivity index (χ0) is 11.1. The van der Waals surface area contributed by atoms with Gasteiger partial charge in [-0.1, -0.05) is 13.8 Å². The molecule has 1 unspecified atom stereocenters. The van der Waals surface area contributed by atoms with Crippen LogP contribution in [0.25, 0.3) is 0 Å². The number of nitrogens with two attached hydrogens (primary N) is 1. The molecule has 0 aliphatic heterocycles. The van der Waals surface area contributed by atoms with Crippen molar-refractivity contribution in [3.05, 3.63) is 5.82 Å². The van der Waals surface area contributed by atoms with Gasteiger partial charge in [0, 0.05) is 11.8 Å². The number of tetrazole rings is 1. The van der Waals surface area contributed by atoms with E-state index in [1.165, 1.54) is 6.42 Å². The van der Waals surface area contributed by atoms with E-state index in [9.17, 15) is 0 Å². The molecule has 1 aromatic rings. The fourth-order valence-electron chi connectivity index (χ4n) is 1.08. The summed E-state index contributed by atoms with van der Waals surface area (Å²) in [5.41, 5.74) is 5.45. The molecule has 0 fully saturated rings. The standard InChI is InChI=1S/C9H19N5S/c1-3-8(2)15-7-9-11-12-13-14(9)6-4-5-10/h8H,3-7,10H2,1-2H3. The molecule has 6 heteroatoms. The molecule has 1 rings (SSSR count). The van der Waals surface area contributed by atoms with E-state index in [0.717, 1.165) is 24.5 Å². The van der Waals surface area contributed by atoms with Crippen molar-refractivity contribution in [3.63, 3.8) is 0 Å². The summed E-state index contributed by atoms with van der Waals surface area (Å²) in [6.45, 7) is 5.91. The molecule has 0 saturated carbocycles. The highest BCUT2D eigenvalue weighted by Crippen LogP contribution is 2.17. The predicted octanol–water partition coefficient (Wildman–Crippen LogP) is 1.05. The van der Waals surface area contributed by atoms with Crippen LogP contribution in [0.4, 0.5) is 0 Å². The number of thioether (sulfide) groups is 1. The van der Waals surface area contributed by atoms with Crippen LogP contribution in [-0.4, -0.2) is 32.0 Å². The monoisotopic (exact) mass is 229 g/mol. The topological polar surface area (TPSA) is 69.6 Å². The van der Waals surface area contributed by atoms with E-state index < -0.39 is 0 Å². The van der Waals surface area contributed by atoms with Crippen LogP contribution < -0.4 is 5.73 Å². The quantitative estimate of drug-likeness (QED) is 0.757. The summed E-state index contributed by atoms with van der Waals surface area (Å²) in [7, 11) is 0. The van der Waals surface area contributed by atoms with Gasteiger partial charge in [0.2, 0.25) is 0 Å². The Hall–Kier alpha value is -0.620. The largest absolute Gasteiger partial charge is 0.330 e. The van der Waals surface area contributed by atoms with E-state index in [-0.39, 0.29) is 0 Å². The highest BCUT2D eigenvalue weighted by Gasteiger charge is 2.07. The van der Waals surface area contributed by atoms with Crippen molar-refractivity contribution in [1.82, 2.24) is 20.2 Å². The van der Waals surface area contributed by atoms with E-state index in [1.807, 2.05) is 16.4 Å². The number of hydrogen-bond acceptors (Lipinski definition) is 5. The molecule has 0 spiro atoms. The summed E-state index contributed by atoms with van der Waals surface area (Å²) in [5, 5.41) is 12.3. The van der Waals surface area contributed by atoms with Crippen molar-refractivity contribution in [1.29, 1.82) is 0 Å². The molecule has 1 aromatic heterocycles. The summed E-state index contributed by atoms with van der Waals surface area (Å²) in [6, 6.07) is 0. The van der Waals surface area contributed by atoms with Crippen LogP contribution in [0.5, 0.6) is 0 Å². The van der Waals surface area contributed by atoms with Gasteiger partial charge in [-0.25, -0.2) is 4.68 Å². The van der Waals surface area contributed by atoms with Gasteiger partial charge >= 0.3 is 0 Å². The molecular weight excluding hydrogens is 210 g/mol. The fraction of sp³-hybridized carbons (Fsp3) is 0.889. The van der Waals surface area contributed by atoms with Gasteiger partial charge in [0.1, 0.15) is 0 Å². The summed E-state index contributed by atoms with van der Waals surface area (Å²) in [5.74, 6) is 1.83. The third-order valence-corrected chi connectivity index (χ3v) is 3.58. The summed E-state index contributed by atoms with van der Waals surface area (Å²) < 4.78 is 1.85. The Kier molecular flexibility index (Phi) is 5.63. The molecule has 0 aliphatic carbocycles. The molecule has 0 aromatic carbocycles. The normalized spacial score (nSPS) is 13.0. The Balaban J connectivity index is 2.42. The Labute approximate surface area is 94.8 Å². The van der Waals surface area contributed by atoms with Crippen molar-refractivity contribution in [2.45, 2.75) is 44.2 Å². The number of hydrogen-bond donors (Lipinski definition) is 1. The lowest BCUT2D eigenvalue weighted by Gasteiger charge is -2.07. The minimum atomic E-state index is 0.657. The van der Waals surface area contributed by atoms with E-state index in [1.54, 1.807) is 0 Å². The van der Waals surface area contributed by atoms with Gasteiger partial charge in [0.05, 0.1) is 5.75 Å². The highest BCUT2D eigenvalue weighted by molar-refractivity contribution is 7.99. The van der Waals surface area contributed by atoms with E-state index >= 15 is 0 Å². The van der Waals surface area contributed by atoms with Crippen molar-refractivity contribution in [2.24, 2.45) is 5.73 Å². The molecule has 0 bridgehead atoms. The smallest absolute Gasteiger partial charge is 0.161 e. The number of aromatic nitrogens is 4. The van der Waals surface area contributed by atoms with E-state index in [2.05, 4.69) is 29.4 Å². The first-order valence-corrected chi connectivity index (χ1v) is 6.39. The predicted molar refractivity (Wildman–Crippen MR) is 62.5 cm³/mol. The minimum Gasteiger partial charge on any atom is -0.330 e. The van der Waals surface area contributed by atoms with E-state index in [4.69, 9.17) is 5.73 Å². The average molecular weight is 229 g/mol. The maximum absolute atomic E-state index is 5.45. The Morgan fingerprint density at radius 2 is 2.33 bits per heavy atom. The van der Waals surface area contributed by atoms with Gasteiger partial charge < -0.3 is 5.73 Å². The van der Waals surface area contributed by atoms with E-state index in [0.29, 0.717) is 11.8 Å². The molecule has 5 nitrogen and oxygen atoms in total. The third kappa shape index (κ3) is 4.17. The van der Waals surface area contributed by atoms with Gasteiger partial charge in [0.15, 0.2) is 5.82 Å². The van der Waals surface area contributed by atoms with Gasteiger partial charge in [0.25, 0.3) is 0 Å². The van der Waals surface area contributed by atoms with Crippen molar-refractivity contribution >= 4 is 11.8 Å². The van der Waals surface area contributed by atoms with Crippen LogP contribution in [0.15, 0.2) is 0 Å². The molecule has 0 saturated heterocycles. The Bertz CT molecular complexity index is 275. The Morgan fingerprint density at radius 1 is 1.53 bits per heavy atom. The summed E-state index contributed by atoms with van der Waals surface area (Å²) >= 11 is 1.89.